The van der Waals surface area contributed by atoms with E-state index in [9.17, 15) is 4.79 Å². The van der Waals surface area contributed by atoms with Crippen molar-refractivity contribution in [3.63, 3.8) is 0 Å². The summed E-state index contributed by atoms with van der Waals surface area (Å²) in [5.74, 6) is -0.145. The molecular formula is C17H20ClN3O2S. The normalized spacial score (nSPS) is 20.0. The van der Waals surface area contributed by atoms with Crippen LogP contribution in [0.3, 0.4) is 0 Å². The van der Waals surface area contributed by atoms with Crippen molar-refractivity contribution in [1.29, 1.82) is 0 Å². The van der Waals surface area contributed by atoms with Crippen molar-refractivity contribution in [2.45, 2.75) is 25.0 Å². The predicted octanol–water partition coefficient (Wildman–Crippen LogP) is 3.18. The van der Waals surface area contributed by atoms with E-state index in [0.717, 1.165) is 17.7 Å². The molecule has 2 heterocycles. The first-order valence-corrected chi connectivity index (χ1v) is 8.47. The number of ether oxygens (including phenoxy) is 1. The average molecular weight is 366 g/mol. The third kappa shape index (κ3) is 4.88. The van der Waals surface area contributed by atoms with Crippen LogP contribution in [0.5, 0.6) is 0 Å². The van der Waals surface area contributed by atoms with E-state index in [-0.39, 0.29) is 24.4 Å². The number of amides is 1. The molecule has 1 aromatic heterocycles. The van der Waals surface area contributed by atoms with E-state index in [1.54, 1.807) is 0 Å². The number of anilines is 1. The first-order valence-electron chi connectivity index (χ1n) is 7.59. The lowest BCUT2D eigenvalue weighted by molar-refractivity contribution is -0.126. The maximum Gasteiger partial charge on any atom is 0.255 e. The topological polar surface area (TPSA) is 77.2 Å². The molecule has 1 aliphatic rings. The van der Waals surface area contributed by atoms with Crippen molar-refractivity contribution in [2.75, 3.05) is 11.9 Å². The van der Waals surface area contributed by atoms with E-state index in [1.165, 1.54) is 11.3 Å². The second-order valence-corrected chi connectivity index (χ2v) is 6.23. The molecule has 7 heteroatoms. The summed E-state index contributed by atoms with van der Waals surface area (Å²) in [6.07, 6.45) is 5.03. The van der Waals surface area contributed by atoms with Crippen LogP contribution in [0.1, 0.15) is 24.1 Å². The standard InChI is InChI=1S/C17H19N3O2S.ClH/c18-10-14-8-9-15(22-14)16(21)20-17-19-13(11-23-17)7-6-12-4-2-1-3-5-12;/h1-7,11,14-15H,8-10,18H2,(H,19,20,21);1H/b7-6+;/t14-,15+;/m1./s1. The maximum absolute atomic E-state index is 12.1. The molecule has 1 saturated heterocycles. The zero-order chi connectivity index (χ0) is 16.1. The van der Waals surface area contributed by atoms with Gasteiger partial charge in [-0.05, 0) is 24.5 Å². The number of nitrogens with two attached hydrogens (primary N) is 1. The number of hydrogen-bond acceptors (Lipinski definition) is 5. The minimum atomic E-state index is -0.421. The van der Waals surface area contributed by atoms with E-state index in [4.69, 9.17) is 10.5 Å². The van der Waals surface area contributed by atoms with Gasteiger partial charge in [-0.1, -0.05) is 36.4 Å². The zero-order valence-electron chi connectivity index (χ0n) is 13.1. The quantitative estimate of drug-likeness (QED) is 0.853. The monoisotopic (exact) mass is 365 g/mol. The first-order chi connectivity index (χ1) is 11.2. The Bertz CT molecular complexity index is 690. The van der Waals surface area contributed by atoms with Gasteiger partial charge in [0, 0.05) is 11.9 Å². The van der Waals surface area contributed by atoms with Crippen molar-refractivity contribution in [3.05, 3.63) is 47.0 Å². The lowest BCUT2D eigenvalue weighted by Crippen LogP contribution is -2.29. The Morgan fingerprint density at radius 3 is 2.83 bits per heavy atom. The van der Waals surface area contributed by atoms with Gasteiger partial charge in [-0.25, -0.2) is 4.98 Å². The van der Waals surface area contributed by atoms with Crippen LogP contribution in [-0.4, -0.2) is 29.6 Å². The van der Waals surface area contributed by atoms with Crippen LogP contribution >= 0.6 is 23.7 Å². The SMILES string of the molecule is Cl.NC[C@H]1CC[C@@H](C(=O)Nc2nc(/C=C/c3ccccc3)cs2)O1. The van der Waals surface area contributed by atoms with Crippen molar-refractivity contribution < 1.29 is 9.53 Å². The molecular weight excluding hydrogens is 346 g/mol. The summed E-state index contributed by atoms with van der Waals surface area (Å²) in [4.78, 5) is 16.5. The number of nitrogens with one attached hydrogen (secondary N) is 1. The van der Waals surface area contributed by atoms with Crippen molar-refractivity contribution in [1.82, 2.24) is 4.98 Å². The fraction of sp³-hybridized carbons (Fsp3) is 0.294. The second-order valence-electron chi connectivity index (χ2n) is 5.37. The van der Waals surface area contributed by atoms with Crippen LogP contribution in [0.4, 0.5) is 5.13 Å². The summed E-state index contributed by atoms with van der Waals surface area (Å²) in [5.41, 5.74) is 7.49. The van der Waals surface area contributed by atoms with E-state index < -0.39 is 6.10 Å². The van der Waals surface area contributed by atoms with E-state index in [0.29, 0.717) is 18.1 Å². The van der Waals surface area contributed by atoms with E-state index in [2.05, 4.69) is 10.3 Å². The molecule has 24 heavy (non-hydrogen) atoms. The number of rotatable bonds is 5. The summed E-state index contributed by atoms with van der Waals surface area (Å²) < 4.78 is 5.58. The highest BCUT2D eigenvalue weighted by Crippen LogP contribution is 2.22. The van der Waals surface area contributed by atoms with Gasteiger partial charge in [-0.2, -0.15) is 0 Å². The van der Waals surface area contributed by atoms with Crippen molar-refractivity contribution in [2.24, 2.45) is 5.73 Å². The van der Waals surface area contributed by atoms with Crippen LogP contribution in [0.2, 0.25) is 0 Å². The summed E-state index contributed by atoms with van der Waals surface area (Å²) >= 11 is 1.40. The Hall–Kier alpha value is -1.73. The van der Waals surface area contributed by atoms with Crippen LogP contribution in [0, 0.1) is 0 Å². The minimum absolute atomic E-state index is 0. The fourth-order valence-corrected chi connectivity index (χ4v) is 3.10. The number of aromatic nitrogens is 1. The lowest BCUT2D eigenvalue weighted by atomic mass is 10.2. The molecule has 0 bridgehead atoms. The van der Waals surface area contributed by atoms with E-state index in [1.807, 2.05) is 47.9 Å². The molecule has 1 fully saturated rings. The fourth-order valence-electron chi connectivity index (χ4n) is 2.42. The molecule has 0 aliphatic carbocycles. The number of benzene rings is 1. The van der Waals surface area contributed by atoms with Gasteiger partial charge in [0.1, 0.15) is 6.10 Å². The van der Waals surface area contributed by atoms with Gasteiger partial charge in [0.2, 0.25) is 0 Å². The average Bonchev–Trinajstić information content (AvgIpc) is 3.23. The molecule has 0 spiro atoms. The number of hydrogen-bond donors (Lipinski definition) is 2. The molecule has 0 unspecified atom stereocenters. The first kappa shape index (κ1) is 18.6. The third-order valence-electron chi connectivity index (χ3n) is 3.66. The number of thiazole rings is 1. The number of carbonyl (C=O) groups excluding carboxylic acids is 1. The zero-order valence-corrected chi connectivity index (χ0v) is 14.7. The molecule has 0 radical (unpaired) electrons. The Balaban J connectivity index is 0.00000208. The van der Waals surface area contributed by atoms with E-state index >= 15 is 0 Å². The van der Waals surface area contributed by atoms with Gasteiger partial charge >= 0.3 is 0 Å². The molecule has 5 nitrogen and oxygen atoms in total. The van der Waals surface area contributed by atoms with Gasteiger partial charge in [-0.3, -0.25) is 10.1 Å². The third-order valence-corrected chi connectivity index (χ3v) is 4.44. The van der Waals surface area contributed by atoms with Gasteiger partial charge in [0.15, 0.2) is 5.13 Å². The molecule has 3 rings (SSSR count). The summed E-state index contributed by atoms with van der Waals surface area (Å²) in [6.45, 7) is 0.454. The number of halogens is 1. The Morgan fingerprint density at radius 1 is 1.33 bits per heavy atom. The molecule has 2 atom stereocenters. The molecule has 0 saturated carbocycles. The molecule has 1 aliphatic heterocycles. The molecule has 2 aromatic rings. The Kier molecular flexibility index (Phi) is 6.93. The molecule has 1 amide bonds. The maximum atomic E-state index is 12.1. The highest BCUT2D eigenvalue weighted by molar-refractivity contribution is 7.14. The summed E-state index contributed by atoms with van der Waals surface area (Å²) in [5, 5.41) is 5.31. The van der Waals surface area contributed by atoms with Gasteiger partial charge in [0.05, 0.1) is 11.8 Å². The molecule has 3 N–H and O–H groups in total. The lowest BCUT2D eigenvalue weighted by Gasteiger charge is -2.11. The number of nitrogens with zero attached hydrogens (tertiary/aromatic N) is 1. The Morgan fingerprint density at radius 2 is 2.12 bits per heavy atom. The molecule has 1 aromatic carbocycles. The van der Waals surface area contributed by atoms with Crippen LogP contribution in [0.15, 0.2) is 35.7 Å². The second kappa shape index (κ2) is 8.94. The highest BCUT2D eigenvalue weighted by atomic mass is 35.5. The van der Waals surface area contributed by atoms with Gasteiger partial charge in [-0.15, -0.1) is 23.7 Å². The minimum Gasteiger partial charge on any atom is -0.364 e. The van der Waals surface area contributed by atoms with Crippen LogP contribution < -0.4 is 11.1 Å². The Labute approximate surface area is 151 Å². The van der Waals surface area contributed by atoms with Crippen LogP contribution in [0.25, 0.3) is 12.2 Å². The van der Waals surface area contributed by atoms with Gasteiger partial charge < -0.3 is 10.5 Å². The highest BCUT2D eigenvalue weighted by Gasteiger charge is 2.30. The van der Waals surface area contributed by atoms with Crippen LogP contribution in [-0.2, 0) is 9.53 Å². The largest absolute Gasteiger partial charge is 0.364 e. The summed E-state index contributed by atoms with van der Waals surface area (Å²) in [6, 6.07) is 10.0. The smallest absolute Gasteiger partial charge is 0.255 e. The van der Waals surface area contributed by atoms with Crippen molar-refractivity contribution in [3.8, 4) is 0 Å². The van der Waals surface area contributed by atoms with Gasteiger partial charge in [0.25, 0.3) is 5.91 Å². The number of carbonyl (C=O) groups is 1. The van der Waals surface area contributed by atoms with Crippen molar-refractivity contribution >= 4 is 46.9 Å². The summed E-state index contributed by atoms with van der Waals surface area (Å²) in [7, 11) is 0. The molecule has 128 valence electrons. The predicted molar refractivity (Wildman–Crippen MR) is 100 cm³/mol.